The highest BCUT2D eigenvalue weighted by Crippen LogP contribution is 2.18. The summed E-state index contributed by atoms with van der Waals surface area (Å²) in [5.41, 5.74) is 2.61. The highest BCUT2D eigenvalue weighted by Gasteiger charge is 2.08. The van der Waals surface area contributed by atoms with Crippen molar-refractivity contribution in [1.82, 2.24) is 5.32 Å². The van der Waals surface area contributed by atoms with Crippen LogP contribution in [0.4, 0.5) is 5.69 Å². The Morgan fingerprint density at radius 2 is 1.95 bits per heavy atom. The lowest BCUT2D eigenvalue weighted by Gasteiger charge is -2.27. The third-order valence-corrected chi connectivity index (χ3v) is 3.52. The van der Waals surface area contributed by atoms with Crippen LogP contribution in [0.1, 0.15) is 32.3 Å². The molecule has 1 aromatic carbocycles. The number of hydrogen-bond donors (Lipinski definition) is 1. The largest absolute Gasteiger partial charge is 0.383 e. The Balaban J connectivity index is 2.46. The fourth-order valence-corrected chi connectivity index (χ4v) is 2.12. The minimum atomic E-state index is 0.593. The molecule has 1 unspecified atom stereocenters. The fourth-order valence-electron chi connectivity index (χ4n) is 2.12. The van der Waals surface area contributed by atoms with E-state index in [4.69, 9.17) is 4.74 Å². The zero-order chi connectivity index (χ0) is 14.1. The number of methoxy groups -OCH3 is 1. The zero-order valence-electron chi connectivity index (χ0n) is 12.8. The first kappa shape index (κ1) is 16.0. The average Bonchev–Trinajstić information content (AvgIpc) is 2.44. The van der Waals surface area contributed by atoms with Crippen LogP contribution in [-0.4, -0.2) is 33.4 Å². The molecule has 1 atom stereocenters. The first-order valence-electron chi connectivity index (χ1n) is 7.20. The van der Waals surface area contributed by atoms with E-state index in [9.17, 15) is 0 Å². The van der Waals surface area contributed by atoms with Crippen molar-refractivity contribution in [2.45, 2.75) is 39.3 Å². The van der Waals surface area contributed by atoms with Crippen LogP contribution in [0, 0.1) is 0 Å². The van der Waals surface area contributed by atoms with Gasteiger partial charge in [-0.15, -0.1) is 0 Å². The molecule has 0 aliphatic heterocycles. The van der Waals surface area contributed by atoms with Gasteiger partial charge in [-0.3, -0.25) is 0 Å². The lowest BCUT2D eigenvalue weighted by molar-refractivity contribution is 0.199. The van der Waals surface area contributed by atoms with Gasteiger partial charge in [0.1, 0.15) is 0 Å². The molecule has 0 heterocycles. The maximum atomic E-state index is 5.01. The lowest BCUT2D eigenvalue weighted by Crippen LogP contribution is -2.28. The second-order valence-corrected chi connectivity index (χ2v) is 5.08. The minimum absolute atomic E-state index is 0.593. The minimum Gasteiger partial charge on any atom is -0.383 e. The van der Waals surface area contributed by atoms with Gasteiger partial charge in [-0.2, -0.15) is 0 Å². The van der Waals surface area contributed by atoms with Crippen LogP contribution in [0.2, 0.25) is 0 Å². The zero-order valence-corrected chi connectivity index (χ0v) is 12.8. The SMILES string of the molecule is CCCC(C)N(C)c1ccc(CNCCOC)cc1. The molecule has 0 bridgehead atoms. The second-order valence-electron chi connectivity index (χ2n) is 5.08. The topological polar surface area (TPSA) is 24.5 Å². The van der Waals surface area contributed by atoms with Gasteiger partial charge in [-0.05, 0) is 31.0 Å². The summed E-state index contributed by atoms with van der Waals surface area (Å²) in [5.74, 6) is 0. The second kappa shape index (κ2) is 8.94. The van der Waals surface area contributed by atoms with Crippen molar-refractivity contribution in [3.63, 3.8) is 0 Å². The molecule has 0 spiro atoms. The van der Waals surface area contributed by atoms with E-state index in [0.29, 0.717) is 6.04 Å². The van der Waals surface area contributed by atoms with Crippen LogP contribution in [0.15, 0.2) is 24.3 Å². The van der Waals surface area contributed by atoms with Crippen LogP contribution in [-0.2, 0) is 11.3 Å². The summed E-state index contributed by atoms with van der Waals surface area (Å²) in [4.78, 5) is 2.35. The first-order valence-corrected chi connectivity index (χ1v) is 7.20. The molecule has 0 saturated heterocycles. The number of benzene rings is 1. The third kappa shape index (κ3) is 5.62. The van der Waals surface area contributed by atoms with Gasteiger partial charge in [0.25, 0.3) is 0 Å². The monoisotopic (exact) mass is 264 g/mol. The van der Waals surface area contributed by atoms with Gasteiger partial charge in [0.05, 0.1) is 6.61 Å². The Kier molecular flexibility index (Phi) is 7.53. The molecule has 0 saturated carbocycles. The Morgan fingerprint density at radius 3 is 2.53 bits per heavy atom. The van der Waals surface area contributed by atoms with Gasteiger partial charge in [-0.1, -0.05) is 25.5 Å². The number of nitrogens with zero attached hydrogens (tertiary/aromatic N) is 1. The summed E-state index contributed by atoms with van der Waals surface area (Å²) < 4.78 is 5.01. The van der Waals surface area contributed by atoms with Gasteiger partial charge in [0.15, 0.2) is 0 Å². The van der Waals surface area contributed by atoms with Crippen molar-refractivity contribution < 1.29 is 4.74 Å². The predicted octanol–water partition coefficient (Wildman–Crippen LogP) is 3.05. The van der Waals surface area contributed by atoms with Crippen molar-refractivity contribution in [2.24, 2.45) is 0 Å². The molecular formula is C16H28N2O. The summed E-state index contributed by atoms with van der Waals surface area (Å²) in [7, 11) is 3.90. The molecule has 3 nitrogen and oxygen atoms in total. The smallest absolute Gasteiger partial charge is 0.0587 e. The molecule has 0 fully saturated rings. The molecule has 108 valence electrons. The van der Waals surface area contributed by atoms with E-state index >= 15 is 0 Å². The average molecular weight is 264 g/mol. The molecule has 3 heteroatoms. The number of rotatable bonds is 9. The Bertz CT molecular complexity index is 337. The van der Waals surface area contributed by atoms with Crippen molar-refractivity contribution in [1.29, 1.82) is 0 Å². The molecule has 1 N–H and O–H groups in total. The highest BCUT2D eigenvalue weighted by atomic mass is 16.5. The summed E-state index contributed by atoms with van der Waals surface area (Å²) >= 11 is 0. The van der Waals surface area contributed by atoms with Gasteiger partial charge in [-0.25, -0.2) is 0 Å². The standard InChI is InChI=1S/C16H28N2O/c1-5-6-14(2)18(3)16-9-7-15(8-10-16)13-17-11-12-19-4/h7-10,14,17H,5-6,11-13H2,1-4H3. The lowest BCUT2D eigenvalue weighted by atomic mass is 10.1. The van der Waals surface area contributed by atoms with Crippen LogP contribution in [0.25, 0.3) is 0 Å². The van der Waals surface area contributed by atoms with E-state index in [1.807, 2.05) is 0 Å². The Hall–Kier alpha value is -1.06. The van der Waals surface area contributed by atoms with Crippen molar-refractivity contribution >= 4 is 5.69 Å². The summed E-state index contributed by atoms with van der Waals surface area (Å²) in [6.45, 7) is 7.07. The van der Waals surface area contributed by atoms with Crippen LogP contribution in [0.5, 0.6) is 0 Å². The van der Waals surface area contributed by atoms with Crippen LogP contribution >= 0.6 is 0 Å². The molecule has 1 aromatic rings. The van der Waals surface area contributed by atoms with E-state index < -0.39 is 0 Å². The maximum absolute atomic E-state index is 5.01. The van der Waals surface area contributed by atoms with Crippen LogP contribution < -0.4 is 10.2 Å². The quantitative estimate of drug-likeness (QED) is 0.694. The number of ether oxygens (including phenoxy) is 1. The normalized spacial score (nSPS) is 12.4. The van der Waals surface area contributed by atoms with Crippen molar-refractivity contribution in [3.05, 3.63) is 29.8 Å². The van der Waals surface area contributed by atoms with E-state index in [1.165, 1.54) is 24.1 Å². The molecule has 1 rings (SSSR count). The van der Waals surface area contributed by atoms with E-state index in [2.05, 4.69) is 55.4 Å². The predicted molar refractivity (Wildman–Crippen MR) is 82.8 cm³/mol. The summed E-state index contributed by atoms with van der Waals surface area (Å²) in [6, 6.07) is 9.41. The summed E-state index contributed by atoms with van der Waals surface area (Å²) in [5, 5.41) is 3.36. The van der Waals surface area contributed by atoms with E-state index in [-0.39, 0.29) is 0 Å². The fraction of sp³-hybridized carbons (Fsp3) is 0.625. The number of nitrogens with one attached hydrogen (secondary N) is 1. The Morgan fingerprint density at radius 1 is 1.26 bits per heavy atom. The number of hydrogen-bond acceptors (Lipinski definition) is 3. The molecule has 0 aromatic heterocycles. The number of anilines is 1. The molecule has 19 heavy (non-hydrogen) atoms. The Labute approximate surface area is 118 Å². The van der Waals surface area contributed by atoms with Gasteiger partial charge in [0, 0.05) is 39.0 Å². The molecular weight excluding hydrogens is 236 g/mol. The molecule has 0 aliphatic rings. The van der Waals surface area contributed by atoms with Crippen molar-refractivity contribution in [2.75, 3.05) is 32.2 Å². The van der Waals surface area contributed by atoms with Gasteiger partial charge >= 0.3 is 0 Å². The maximum Gasteiger partial charge on any atom is 0.0587 e. The van der Waals surface area contributed by atoms with Crippen LogP contribution in [0.3, 0.4) is 0 Å². The van der Waals surface area contributed by atoms with Gasteiger partial charge in [0.2, 0.25) is 0 Å². The third-order valence-electron chi connectivity index (χ3n) is 3.52. The highest BCUT2D eigenvalue weighted by molar-refractivity contribution is 5.47. The molecule has 0 radical (unpaired) electrons. The van der Waals surface area contributed by atoms with E-state index in [1.54, 1.807) is 7.11 Å². The van der Waals surface area contributed by atoms with Crippen molar-refractivity contribution in [3.8, 4) is 0 Å². The molecule has 0 aliphatic carbocycles. The molecule has 0 amide bonds. The summed E-state index contributed by atoms with van der Waals surface area (Å²) in [6.07, 6.45) is 2.46. The van der Waals surface area contributed by atoms with Gasteiger partial charge < -0.3 is 15.0 Å². The van der Waals surface area contributed by atoms with E-state index in [0.717, 1.165) is 19.7 Å². The first-order chi connectivity index (χ1) is 9.19.